The van der Waals surface area contributed by atoms with Crippen LogP contribution in [0.5, 0.6) is 0 Å². The fraction of sp³-hybridized carbons (Fsp3) is 0.900. The molecule has 0 aliphatic carbocycles. The molecule has 1 fully saturated rings. The second kappa shape index (κ2) is 5.32. The topological polar surface area (TPSA) is 58.6 Å². The molecule has 1 aliphatic rings. The van der Waals surface area contributed by atoms with Gasteiger partial charge in [0.15, 0.2) is 0 Å². The van der Waals surface area contributed by atoms with Crippen LogP contribution < -0.4 is 5.32 Å². The lowest BCUT2D eigenvalue weighted by Gasteiger charge is -2.33. The van der Waals surface area contributed by atoms with Crippen LogP contribution in [-0.4, -0.2) is 35.9 Å². The van der Waals surface area contributed by atoms with Crippen molar-refractivity contribution in [1.82, 2.24) is 5.32 Å². The van der Waals surface area contributed by atoms with Crippen molar-refractivity contribution >= 4 is 5.91 Å². The third-order valence-electron chi connectivity index (χ3n) is 2.53. The molecule has 2 N–H and O–H groups in total. The van der Waals surface area contributed by atoms with Crippen LogP contribution >= 0.6 is 0 Å². The first-order valence-corrected chi connectivity index (χ1v) is 5.24. The summed E-state index contributed by atoms with van der Waals surface area (Å²) in [5.74, 6) is 0.0191. The Morgan fingerprint density at radius 2 is 2.36 bits per heavy atom. The minimum atomic E-state index is -0.579. The van der Waals surface area contributed by atoms with Gasteiger partial charge in [0.25, 0.3) is 0 Å². The molecule has 1 saturated heterocycles. The molecule has 0 bridgehead atoms. The Balaban J connectivity index is 2.39. The van der Waals surface area contributed by atoms with Gasteiger partial charge < -0.3 is 15.2 Å². The van der Waals surface area contributed by atoms with Gasteiger partial charge in [0.1, 0.15) is 6.10 Å². The monoisotopic (exact) mass is 201 g/mol. The van der Waals surface area contributed by atoms with Crippen LogP contribution in [0, 0.1) is 0 Å². The SMILES string of the molecule is CCCC(=O)NC1CCOC(C)[C@H]1O. The van der Waals surface area contributed by atoms with Gasteiger partial charge in [-0.15, -0.1) is 0 Å². The van der Waals surface area contributed by atoms with Gasteiger partial charge in [-0.25, -0.2) is 0 Å². The minimum absolute atomic E-state index is 0.0191. The average molecular weight is 201 g/mol. The zero-order valence-corrected chi connectivity index (χ0v) is 8.82. The molecule has 1 rings (SSSR count). The van der Waals surface area contributed by atoms with Gasteiger partial charge in [-0.2, -0.15) is 0 Å². The Kier molecular flexibility index (Phi) is 4.35. The number of hydrogen-bond acceptors (Lipinski definition) is 3. The summed E-state index contributed by atoms with van der Waals surface area (Å²) < 4.78 is 5.26. The number of rotatable bonds is 3. The standard InChI is InChI=1S/C10H19NO3/c1-3-4-9(12)11-8-5-6-14-7(2)10(8)13/h7-8,10,13H,3-6H2,1-2H3,(H,11,12)/t7?,8?,10-/m1/s1. The number of aliphatic hydroxyl groups is 1. The van der Waals surface area contributed by atoms with Gasteiger partial charge in [0.2, 0.25) is 5.91 Å². The van der Waals surface area contributed by atoms with Gasteiger partial charge in [-0.1, -0.05) is 6.92 Å². The van der Waals surface area contributed by atoms with Crippen LogP contribution in [-0.2, 0) is 9.53 Å². The first-order valence-electron chi connectivity index (χ1n) is 5.24. The van der Waals surface area contributed by atoms with E-state index in [4.69, 9.17) is 4.74 Å². The van der Waals surface area contributed by atoms with Crippen molar-refractivity contribution in [2.24, 2.45) is 0 Å². The zero-order valence-electron chi connectivity index (χ0n) is 8.82. The van der Waals surface area contributed by atoms with Gasteiger partial charge >= 0.3 is 0 Å². The lowest BCUT2D eigenvalue weighted by atomic mass is 10.0. The molecule has 0 radical (unpaired) electrons. The quantitative estimate of drug-likeness (QED) is 0.696. The van der Waals surface area contributed by atoms with E-state index in [-0.39, 0.29) is 18.1 Å². The molecule has 1 amide bonds. The van der Waals surface area contributed by atoms with Crippen molar-refractivity contribution in [3.8, 4) is 0 Å². The average Bonchev–Trinajstić information content (AvgIpc) is 2.13. The summed E-state index contributed by atoms with van der Waals surface area (Å²) in [4.78, 5) is 11.3. The van der Waals surface area contributed by atoms with E-state index in [2.05, 4.69) is 5.32 Å². The number of amides is 1. The summed E-state index contributed by atoms with van der Waals surface area (Å²) >= 11 is 0. The number of carbonyl (C=O) groups is 1. The largest absolute Gasteiger partial charge is 0.388 e. The van der Waals surface area contributed by atoms with Crippen molar-refractivity contribution in [2.75, 3.05) is 6.61 Å². The molecule has 0 aromatic rings. The molecule has 14 heavy (non-hydrogen) atoms. The maximum absolute atomic E-state index is 11.3. The van der Waals surface area contributed by atoms with Crippen LogP contribution in [0.1, 0.15) is 33.1 Å². The van der Waals surface area contributed by atoms with E-state index in [1.807, 2.05) is 13.8 Å². The fourth-order valence-electron chi connectivity index (χ4n) is 1.64. The van der Waals surface area contributed by atoms with Crippen LogP contribution in [0.3, 0.4) is 0 Å². The summed E-state index contributed by atoms with van der Waals surface area (Å²) in [7, 11) is 0. The Hall–Kier alpha value is -0.610. The zero-order chi connectivity index (χ0) is 10.6. The third-order valence-corrected chi connectivity index (χ3v) is 2.53. The molecule has 2 unspecified atom stereocenters. The summed E-state index contributed by atoms with van der Waals surface area (Å²) in [6.07, 6.45) is 1.29. The molecule has 0 spiro atoms. The smallest absolute Gasteiger partial charge is 0.220 e. The van der Waals surface area contributed by atoms with E-state index < -0.39 is 6.10 Å². The highest BCUT2D eigenvalue weighted by atomic mass is 16.5. The molecule has 0 aromatic carbocycles. The maximum atomic E-state index is 11.3. The van der Waals surface area contributed by atoms with Crippen LogP contribution in [0.25, 0.3) is 0 Å². The maximum Gasteiger partial charge on any atom is 0.220 e. The van der Waals surface area contributed by atoms with E-state index in [1.54, 1.807) is 0 Å². The number of ether oxygens (including phenoxy) is 1. The van der Waals surface area contributed by atoms with E-state index in [1.165, 1.54) is 0 Å². The predicted molar refractivity (Wildman–Crippen MR) is 52.9 cm³/mol. The molecule has 0 aromatic heterocycles. The highest BCUT2D eigenvalue weighted by Gasteiger charge is 2.30. The van der Waals surface area contributed by atoms with Crippen molar-refractivity contribution in [1.29, 1.82) is 0 Å². The van der Waals surface area contributed by atoms with Gasteiger partial charge in [0.05, 0.1) is 12.1 Å². The van der Waals surface area contributed by atoms with Crippen LogP contribution in [0.2, 0.25) is 0 Å². The van der Waals surface area contributed by atoms with Crippen molar-refractivity contribution in [2.45, 2.75) is 51.4 Å². The fourth-order valence-corrected chi connectivity index (χ4v) is 1.64. The summed E-state index contributed by atoms with van der Waals surface area (Å²) in [6.45, 7) is 4.39. The van der Waals surface area contributed by atoms with Crippen LogP contribution in [0.15, 0.2) is 0 Å². The van der Waals surface area contributed by atoms with Gasteiger partial charge in [0, 0.05) is 13.0 Å². The minimum Gasteiger partial charge on any atom is -0.388 e. The van der Waals surface area contributed by atoms with Gasteiger partial charge in [-0.3, -0.25) is 4.79 Å². The molecule has 1 aliphatic heterocycles. The normalized spacial score (nSPS) is 32.6. The highest BCUT2D eigenvalue weighted by Crippen LogP contribution is 2.14. The summed E-state index contributed by atoms with van der Waals surface area (Å²) in [5.41, 5.74) is 0. The van der Waals surface area contributed by atoms with Crippen LogP contribution in [0.4, 0.5) is 0 Å². The lowest BCUT2D eigenvalue weighted by molar-refractivity contribution is -0.127. The molecule has 1 heterocycles. The third kappa shape index (κ3) is 2.96. The first-order chi connectivity index (χ1) is 6.65. The number of hydrogen-bond donors (Lipinski definition) is 2. The molecule has 4 nitrogen and oxygen atoms in total. The molecule has 3 atom stereocenters. The van der Waals surface area contributed by atoms with E-state index in [0.717, 1.165) is 6.42 Å². The second-order valence-electron chi connectivity index (χ2n) is 3.78. The molecule has 82 valence electrons. The Morgan fingerprint density at radius 1 is 1.64 bits per heavy atom. The Morgan fingerprint density at radius 3 is 3.00 bits per heavy atom. The summed E-state index contributed by atoms with van der Waals surface area (Å²) in [6, 6.07) is -0.141. The van der Waals surface area contributed by atoms with Crippen molar-refractivity contribution in [3.05, 3.63) is 0 Å². The number of carbonyl (C=O) groups excluding carboxylic acids is 1. The second-order valence-corrected chi connectivity index (χ2v) is 3.78. The van der Waals surface area contributed by atoms with E-state index in [9.17, 15) is 9.90 Å². The van der Waals surface area contributed by atoms with Gasteiger partial charge in [-0.05, 0) is 19.8 Å². The number of nitrogens with one attached hydrogen (secondary N) is 1. The van der Waals surface area contributed by atoms with Crippen molar-refractivity contribution < 1.29 is 14.6 Å². The molecular weight excluding hydrogens is 182 g/mol. The molecule has 4 heteroatoms. The Labute approximate surface area is 84.6 Å². The molecular formula is C10H19NO3. The van der Waals surface area contributed by atoms with E-state index >= 15 is 0 Å². The number of aliphatic hydroxyl groups excluding tert-OH is 1. The Bertz CT molecular complexity index is 196. The predicted octanol–water partition coefficient (Wildman–Crippen LogP) is 0.441. The molecule has 0 saturated carbocycles. The highest BCUT2D eigenvalue weighted by molar-refractivity contribution is 5.76. The lowest BCUT2D eigenvalue weighted by Crippen LogP contribution is -2.52. The summed E-state index contributed by atoms with van der Waals surface area (Å²) in [5, 5.41) is 12.5. The van der Waals surface area contributed by atoms with Crippen molar-refractivity contribution in [3.63, 3.8) is 0 Å². The van der Waals surface area contributed by atoms with E-state index in [0.29, 0.717) is 19.4 Å². The first kappa shape index (κ1) is 11.5.